The molecule has 0 fully saturated rings. The normalized spacial score (nSPS) is 10.6. The fourth-order valence-electron chi connectivity index (χ4n) is 1.47. The van der Waals surface area contributed by atoms with Gasteiger partial charge in [-0.2, -0.15) is 12.6 Å². The largest absolute Gasteiger partial charge is 0.494 e. The molecule has 90 valence electrons. The highest BCUT2D eigenvalue weighted by Gasteiger charge is 2.13. The highest BCUT2D eigenvalue weighted by atomic mass is 32.1. The van der Waals surface area contributed by atoms with Gasteiger partial charge >= 0.3 is 0 Å². The summed E-state index contributed by atoms with van der Waals surface area (Å²) in [7, 11) is 1.28. The molecule has 1 aromatic carbocycles. The lowest BCUT2D eigenvalue weighted by Gasteiger charge is -2.05. The molecule has 1 N–H and O–H groups in total. The van der Waals surface area contributed by atoms with E-state index in [-0.39, 0.29) is 11.3 Å². The van der Waals surface area contributed by atoms with E-state index in [4.69, 9.17) is 0 Å². The molecule has 0 saturated carbocycles. The van der Waals surface area contributed by atoms with Crippen LogP contribution in [0.3, 0.4) is 0 Å². The molecule has 0 amide bonds. The zero-order chi connectivity index (χ0) is 12.4. The summed E-state index contributed by atoms with van der Waals surface area (Å²) in [6, 6.07) is 2.08. The average Bonchev–Trinajstić information content (AvgIpc) is 2.80. The van der Waals surface area contributed by atoms with E-state index in [0.717, 1.165) is 12.1 Å². The molecule has 6 heteroatoms. The van der Waals surface area contributed by atoms with Crippen molar-refractivity contribution in [3.63, 3.8) is 0 Å². The van der Waals surface area contributed by atoms with Crippen LogP contribution in [0.5, 0.6) is 5.75 Å². The summed E-state index contributed by atoms with van der Waals surface area (Å²) in [4.78, 5) is 6.82. The first-order valence-corrected chi connectivity index (χ1v) is 5.47. The predicted molar refractivity (Wildman–Crippen MR) is 63.2 cm³/mol. The van der Waals surface area contributed by atoms with Crippen LogP contribution in [0, 0.1) is 11.6 Å². The van der Waals surface area contributed by atoms with Crippen molar-refractivity contribution >= 4 is 12.6 Å². The SMILES string of the molecule is COc1cc(F)c(-c2cnc(CS)[nH]2)cc1F. The molecule has 0 saturated heterocycles. The van der Waals surface area contributed by atoms with E-state index in [2.05, 4.69) is 27.3 Å². The molecule has 0 aliphatic rings. The number of ether oxygens (including phenoxy) is 1. The van der Waals surface area contributed by atoms with E-state index in [1.165, 1.54) is 13.3 Å². The third kappa shape index (κ3) is 2.26. The number of nitrogens with one attached hydrogen (secondary N) is 1. The highest BCUT2D eigenvalue weighted by molar-refractivity contribution is 7.79. The number of hydrogen-bond acceptors (Lipinski definition) is 3. The minimum absolute atomic E-state index is 0.115. The first-order chi connectivity index (χ1) is 8.15. The van der Waals surface area contributed by atoms with Gasteiger partial charge in [0.15, 0.2) is 11.6 Å². The van der Waals surface area contributed by atoms with Crippen LogP contribution in [-0.2, 0) is 5.75 Å². The molecule has 3 nitrogen and oxygen atoms in total. The maximum Gasteiger partial charge on any atom is 0.165 e. The number of halogens is 2. The molecule has 0 aliphatic carbocycles. The number of imidazole rings is 1. The van der Waals surface area contributed by atoms with Crippen LogP contribution in [0.15, 0.2) is 18.3 Å². The number of rotatable bonds is 3. The average molecular weight is 256 g/mol. The fourth-order valence-corrected chi connectivity index (χ4v) is 1.63. The third-order valence-corrected chi connectivity index (χ3v) is 2.61. The Kier molecular flexibility index (Phi) is 3.33. The summed E-state index contributed by atoms with van der Waals surface area (Å²) >= 11 is 4.03. The molecule has 0 aliphatic heterocycles. The van der Waals surface area contributed by atoms with Crippen LogP contribution in [0.4, 0.5) is 8.78 Å². The summed E-state index contributed by atoms with van der Waals surface area (Å²) < 4.78 is 31.9. The van der Waals surface area contributed by atoms with Crippen molar-refractivity contribution in [2.45, 2.75) is 5.75 Å². The predicted octanol–water partition coefficient (Wildman–Crippen LogP) is 2.79. The minimum Gasteiger partial charge on any atom is -0.494 e. The Morgan fingerprint density at radius 2 is 2.12 bits per heavy atom. The van der Waals surface area contributed by atoms with Gasteiger partial charge in [-0.1, -0.05) is 0 Å². The van der Waals surface area contributed by atoms with E-state index < -0.39 is 11.6 Å². The zero-order valence-corrected chi connectivity index (χ0v) is 9.89. The van der Waals surface area contributed by atoms with Crippen LogP contribution >= 0.6 is 12.6 Å². The molecule has 0 radical (unpaired) electrons. The van der Waals surface area contributed by atoms with Crippen LogP contribution in [0.2, 0.25) is 0 Å². The number of aromatic nitrogens is 2. The number of nitrogens with zero attached hydrogens (tertiary/aromatic N) is 1. The van der Waals surface area contributed by atoms with Crippen molar-refractivity contribution in [3.8, 4) is 17.0 Å². The van der Waals surface area contributed by atoms with E-state index >= 15 is 0 Å². The Hall–Kier alpha value is -1.56. The van der Waals surface area contributed by atoms with Gasteiger partial charge in [-0.25, -0.2) is 13.8 Å². The maximum absolute atomic E-state index is 13.7. The summed E-state index contributed by atoms with van der Waals surface area (Å²) in [6.45, 7) is 0. The van der Waals surface area contributed by atoms with E-state index in [0.29, 0.717) is 17.3 Å². The summed E-state index contributed by atoms with van der Waals surface area (Å²) in [5, 5.41) is 0. The van der Waals surface area contributed by atoms with E-state index in [1.54, 1.807) is 0 Å². The fraction of sp³-hybridized carbons (Fsp3) is 0.182. The Bertz CT molecular complexity index is 542. The van der Waals surface area contributed by atoms with Crippen molar-refractivity contribution in [2.75, 3.05) is 7.11 Å². The number of hydrogen-bond donors (Lipinski definition) is 2. The van der Waals surface area contributed by atoms with Crippen LogP contribution in [0.25, 0.3) is 11.3 Å². The molecule has 17 heavy (non-hydrogen) atoms. The van der Waals surface area contributed by atoms with Crippen molar-refractivity contribution in [3.05, 3.63) is 35.8 Å². The van der Waals surface area contributed by atoms with Crippen molar-refractivity contribution in [1.82, 2.24) is 9.97 Å². The Balaban J connectivity index is 2.48. The van der Waals surface area contributed by atoms with Gasteiger partial charge in [-0.3, -0.25) is 0 Å². The molecule has 0 spiro atoms. The number of methoxy groups -OCH3 is 1. The highest BCUT2D eigenvalue weighted by Crippen LogP contribution is 2.27. The number of benzene rings is 1. The Morgan fingerprint density at radius 3 is 2.71 bits per heavy atom. The van der Waals surface area contributed by atoms with Gasteiger partial charge in [0.25, 0.3) is 0 Å². The van der Waals surface area contributed by atoms with Crippen molar-refractivity contribution < 1.29 is 13.5 Å². The lowest BCUT2D eigenvalue weighted by atomic mass is 10.1. The quantitative estimate of drug-likeness (QED) is 0.829. The third-order valence-electron chi connectivity index (χ3n) is 2.31. The second-order valence-corrected chi connectivity index (χ2v) is 3.68. The Labute approximate surface area is 102 Å². The minimum atomic E-state index is -0.620. The molecular formula is C11H10F2N2OS. The zero-order valence-electron chi connectivity index (χ0n) is 9.00. The van der Waals surface area contributed by atoms with Crippen LogP contribution < -0.4 is 4.74 Å². The lowest BCUT2D eigenvalue weighted by Crippen LogP contribution is -1.93. The van der Waals surface area contributed by atoms with E-state index in [1.807, 2.05) is 0 Å². The first kappa shape index (κ1) is 11.9. The van der Waals surface area contributed by atoms with Gasteiger partial charge in [0, 0.05) is 17.4 Å². The topological polar surface area (TPSA) is 37.9 Å². The first-order valence-electron chi connectivity index (χ1n) is 4.84. The van der Waals surface area contributed by atoms with Crippen molar-refractivity contribution in [1.29, 1.82) is 0 Å². The summed E-state index contributed by atoms with van der Waals surface area (Å²) in [5.41, 5.74) is 0.525. The van der Waals surface area contributed by atoms with Gasteiger partial charge in [-0.15, -0.1) is 0 Å². The van der Waals surface area contributed by atoms with Crippen molar-refractivity contribution in [2.24, 2.45) is 0 Å². The second kappa shape index (κ2) is 4.75. The standard InChI is InChI=1S/C11H10F2N2OS/c1-16-10-3-7(12)6(2-8(10)13)9-4-14-11(5-17)15-9/h2-4,17H,5H2,1H3,(H,14,15). The van der Waals surface area contributed by atoms with E-state index in [9.17, 15) is 8.78 Å². The molecule has 0 unspecified atom stereocenters. The lowest BCUT2D eigenvalue weighted by molar-refractivity contribution is 0.383. The van der Waals surface area contributed by atoms with Gasteiger partial charge in [0.05, 0.1) is 19.0 Å². The summed E-state index contributed by atoms with van der Waals surface area (Å²) in [5.74, 6) is -0.317. The molecule has 0 atom stereocenters. The van der Waals surface area contributed by atoms with Gasteiger partial charge in [-0.05, 0) is 6.07 Å². The monoisotopic (exact) mass is 256 g/mol. The maximum atomic E-state index is 13.7. The number of H-pyrrole nitrogens is 1. The number of thiol groups is 1. The van der Waals surface area contributed by atoms with Gasteiger partial charge in [0.2, 0.25) is 0 Å². The molecule has 2 aromatic rings. The van der Waals surface area contributed by atoms with Gasteiger partial charge in [0.1, 0.15) is 11.6 Å². The molecule has 1 aromatic heterocycles. The van der Waals surface area contributed by atoms with Crippen LogP contribution in [-0.4, -0.2) is 17.1 Å². The molecule has 2 rings (SSSR count). The Morgan fingerprint density at radius 1 is 1.35 bits per heavy atom. The van der Waals surface area contributed by atoms with Crippen LogP contribution in [0.1, 0.15) is 5.82 Å². The second-order valence-electron chi connectivity index (χ2n) is 3.37. The summed E-state index contributed by atoms with van der Waals surface area (Å²) in [6.07, 6.45) is 1.44. The number of aromatic amines is 1. The molecule has 1 heterocycles. The smallest absolute Gasteiger partial charge is 0.165 e. The molecular weight excluding hydrogens is 246 g/mol. The molecule has 0 bridgehead atoms. The van der Waals surface area contributed by atoms with Gasteiger partial charge < -0.3 is 9.72 Å².